The van der Waals surface area contributed by atoms with Crippen LogP contribution < -0.4 is 11.1 Å². The number of hydrogen-bond donors (Lipinski definition) is 2. The number of fused-ring (bicyclic) bond motifs is 1. The maximum Gasteiger partial charge on any atom is 0.293 e. The number of benzene rings is 1. The highest BCUT2D eigenvalue weighted by Crippen LogP contribution is 2.23. The van der Waals surface area contributed by atoms with Crippen LogP contribution in [0, 0.1) is 6.92 Å². The van der Waals surface area contributed by atoms with Gasteiger partial charge in [0.25, 0.3) is 5.91 Å². The molecule has 2 aromatic heterocycles. The number of aryl methyl sites for hydroxylation is 1. The molecule has 2 heterocycles. The van der Waals surface area contributed by atoms with Crippen molar-refractivity contribution in [3.63, 3.8) is 0 Å². The fourth-order valence-electron chi connectivity index (χ4n) is 1.68. The van der Waals surface area contributed by atoms with Crippen LogP contribution in [0.25, 0.3) is 11.0 Å². The van der Waals surface area contributed by atoms with E-state index in [1.54, 1.807) is 24.3 Å². The molecule has 96 valence electrons. The van der Waals surface area contributed by atoms with E-state index < -0.39 is 0 Å². The number of rotatable bonds is 2. The van der Waals surface area contributed by atoms with E-state index in [1.807, 2.05) is 6.92 Å². The van der Waals surface area contributed by atoms with Crippen LogP contribution >= 0.6 is 11.3 Å². The first kappa shape index (κ1) is 11.7. The van der Waals surface area contributed by atoms with Crippen molar-refractivity contribution in [3.8, 4) is 0 Å². The highest BCUT2D eigenvalue weighted by Gasteiger charge is 2.14. The number of nitrogens with one attached hydrogen (secondary N) is 1. The number of anilines is 2. The highest BCUT2D eigenvalue weighted by atomic mass is 32.1. The second kappa shape index (κ2) is 4.36. The number of hydrogen-bond acceptors (Lipinski definition) is 6. The lowest BCUT2D eigenvalue weighted by Crippen LogP contribution is -2.10. The molecule has 0 radical (unpaired) electrons. The molecule has 1 aromatic carbocycles. The molecule has 0 unspecified atom stereocenters. The number of aromatic nitrogens is 2. The zero-order valence-corrected chi connectivity index (χ0v) is 10.8. The van der Waals surface area contributed by atoms with E-state index in [4.69, 9.17) is 10.2 Å². The van der Waals surface area contributed by atoms with Crippen molar-refractivity contribution in [2.75, 3.05) is 11.1 Å². The van der Waals surface area contributed by atoms with E-state index in [0.29, 0.717) is 16.4 Å². The Bertz CT molecular complexity index is 762. The van der Waals surface area contributed by atoms with E-state index >= 15 is 0 Å². The predicted molar refractivity (Wildman–Crippen MR) is 73.2 cm³/mol. The minimum absolute atomic E-state index is 0.216. The van der Waals surface area contributed by atoms with Crippen molar-refractivity contribution in [2.24, 2.45) is 0 Å². The van der Waals surface area contributed by atoms with Gasteiger partial charge in [-0.2, -0.15) is 0 Å². The van der Waals surface area contributed by atoms with Gasteiger partial charge in [-0.3, -0.25) is 10.1 Å². The number of carbonyl (C=O) groups excluding carboxylic acids is 1. The second-order valence-corrected chi connectivity index (χ2v) is 5.17. The Morgan fingerprint density at radius 1 is 1.37 bits per heavy atom. The molecule has 1 amide bonds. The van der Waals surface area contributed by atoms with Crippen LogP contribution in [-0.4, -0.2) is 16.1 Å². The molecule has 3 N–H and O–H groups in total. The monoisotopic (exact) mass is 274 g/mol. The summed E-state index contributed by atoms with van der Waals surface area (Å²) in [4.78, 5) is 12.0. The minimum Gasteiger partial charge on any atom is -0.451 e. The Morgan fingerprint density at radius 2 is 2.21 bits per heavy atom. The Balaban J connectivity index is 1.89. The molecule has 0 spiro atoms. The summed E-state index contributed by atoms with van der Waals surface area (Å²) in [6, 6.07) is 6.86. The van der Waals surface area contributed by atoms with E-state index in [2.05, 4.69) is 15.5 Å². The van der Waals surface area contributed by atoms with Crippen LogP contribution in [0.5, 0.6) is 0 Å². The van der Waals surface area contributed by atoms with Gasteiger partial charge in [-0.05, 0) is 31.2 Å². The van der Waals surface area contributed by atoms with Gasteiger partial charge in [-0.15, -0.1) is 10.2 Å². The van der Waals surface area contributed by atoms with Gasteiger partial charge < -0.3 is 10.2 Å². The van der Waals surface area contributed by atoms with Crippen LogP contribution in [0.4, 0.5) is 10.8 Å². The summed E-state index contributed by atoms with van der Waals surface area (Å²) in [5, 5.41) is 12.3. The van der Waals surface area contributed by atoms with E-state index in [9.17, 15) is 4.79 Å². The zero-order valence-electron chi connectivity index (χ0n) is 10.0. The van der Waals surface area contributed by atoms with Crippen molar-refractivity contribution >= 4 is 39.0 Å². The molecule has 7 heteroatoms. The maximum atomic E-state index is 12.0. The van der Waals surface area contributed by atoms with Gasteiger partial charge in [0.2, 0.25) is 5.13 Å². The smallest absolute Gasteiger partial charge is 0.293 e. The Hall–Kier alpha value is -2.41. The summed E-state index contributed by atoms with van der Waals surface area (Å²) in [7, 11) is 0. The Morgan fingerprint density at radius 3 is 2.95 bits per heavy atom. The largest absolute Gasteiger partial charge is 0.451 e. The number of carbonyl (C=O) groups is 1. The van der Waals surface area contributed by atoms with E-state index in [-0.39, 0.29) is 11.7 Å². The Labute approximate surface area is 112 Å². The molecule has 0 aliphatic heterocycles. The molecule has 0 fully saturated rings. The van der Waals surface area contributed by atoms with Crippen LogP contribution in [0.15, 0.2) is 28.7 Å². The fraction of sp³-hybridized carbons (Fsp3) is 0.0833. The Kier molecular flexibility index (Phi) is 2.68. The molecule has 0 saturated carbocycles. The topological polar surface area (TPSA) is 94.0 Å². The van der Waals surface area contributed by atoms with Crippen molar-refractivity contribution in [1.29, 1.82) is 0 Å². The van der Waals surface area contributed by atoms with Crippen molar-refractivity contribution in [2.45, 2.75) is 6.92 Å². The molecular weight excluding hydrogens is 264 g/mol. The lowest BCUT2D eigenvalue weighted by molar-refractivity contribution is 0.0998. The van der Waals surface area contributed by atoms with Gasteiger partial charge >= 0.3 is 0 Å². The molecule has 0 bridgehead atoms. The summed E-state index contributed by atoms with van der Waals surface area (Å²) in [5.41, 5.74) is 6.92. The third-order valence-corrected chi connectivity index (χ3v) is 3.26. The SMILES string of the molecule is Cc1nnc(NC(=O)c2cc3cc(N)ccc3o2)s1. The third-order valence-electron chi connectivity index (χ3n) is 2.51. The molecule has 0 atom stereocenters. The summed E-state index contributed by atoms with van der Waals surface area (Å²) >= 11 is 1.30. The number of nitrogens with two attached hydrogens (primary N) is 1. The summed E-state index contributed by atoms with van der Waals surface area (Å²) in [5.74, 6) is -0.139. The molecule has 0 saturated heterocycles. The molecule has 19 heavy (non-hydrogen) atoms. The molecule has 0 aliphatic carbocycles. The van der Waals surface area contributed by atoms with Gasteiger partial charge in [-0.25, -0.2) is 0 Å². The van der Waals surface area contributed by atoms with Gasteiger partial charge in [0.05, 0.1) is 0 Å². The first-order valence-corrected chi connectivity index (χ1v) is 6.34. The van der Waals surface area contributed by atoms with E-state index in [1.165, 1.54) is 11.3 Å². The molecular formula is C12H10N4O2S. The van der Waals surface area contributed by atoms with Crippen LogP contribution in [-0.2, 0) is 0 Å². The van der Waals surface area contributed by atoms with Crippen molar-refractivity contribution in [1.82, 2.24) is 10.2 Å². The van der Waals surface area contributed by atoms with Gasteiger partial charge in [0.1, 0.15) is 10.6 Å². The maximum absolute atomic E-state index is 12.0. The van der Waals surface area contributed by atoms with Gasteiger partial charge in [0, 0.05) is 11.1 Å². The van der Waals surface area contributed by atoms with Gasteiger partial charge in [-0.1, -0.05) is 11.3 Å². The number of amides is 1. The molecule has 0 aliphatic rings. The minimum atomic E-state index is -0.356. The molecule has 3 rings (SSSR count). The summed E-state index contributed by atoms with van der Waals surface area (Å²) in [6.45, 7) is 1.82. The van der Waals surface area contributed by atoms with Gasteiger partial charge in [0.15, 0.2) is 5.76 Å². The average molecular weight is 274 g/mol. The third kappa shape index (κ3) is 2.27. The lowest BCUT2D eigenvalue weighted by Gasteiger charge is -1.95. The molecule has 6 nitrogen and oxygen atoms in total. The molecule has 3 aromatic rings. The highest BCUT2D eigenvalue weighted by molar-refractivity contribution is 7.15. The zero-order chi connectivity index (χ0) is 13.4. The predicted octanol–water partition coefficient (Wildman–Crippen LogP) is 2.43. The lowest BCUT2D eigenvalue weighted by atomic mass is 10.2. The average Bonchev–Trinajstić information content (AvgIpc) is 2.95. The van der Waals surface area contributed by atoms with E-state index in [0.717, 1.165) is 10.4 Å². The summed E-state index contributed by atoms with van der Waals surface area (Å²) < 4.78 is 5.45. The quantitative estimate of drug-likeness (QED) is 0.700. The van der Waals surface area contributed by atoms with Crippen LogP contribution in [0.2, 0.25) is 0 Å². The number of nitrogen functional groups attached to an aromatic ring is 1. The number of nitrogens with zero attached hydrogens (tertiary/aromatic N) is 2. The first-order valence-electron chi connectivity index (χ1n) is 5.52. The standard InChI is InChI=1S/C12H10N4O2S/c1-6-15-16-12(19-6)14-11(17)10-5-7-4-8(13)2-3-9(7)18-10/h2-5H,13H2,1H3,(H,14,16,17). The number of furan rings is 1. The summed E-state index contributed by atoms with van der Waals surface area (Å²) in [6.07, 6.45) is 0. The van der Waals surface area contributed by atoms with Crippen LogP contribution in [0.3, 0.4) is 0 Å². The van der Waals surface area contributed by atoms with Crippen molar-refractivity contribution in [3.05, 3.63) is 35.0 Å². The van der Waals surface area contributed by atoms with Crippen molar-refractivity contribution < 1.29 is 9.21 Å². The van der Waals surface area contributed by atoms with Crippen LogP contribution in [0.1, 0.15) is 15.6 Å². The fourth-order valence-corrected chi connectivity index (χ4v) is 2.27. The normalized spacial score (nSPS) is 10.8. The second-order valence-electron chi connectivity index (χ2n) is 3.99. The first-order chi connectivity index (χ1) is 9.11.